The number of hydrogen-bond donors (Lipinski definition) is 3. The minimum Gasteiger partial charge on any atom is -0.478 e. The molecule has 0 aliphatic carbocycles. The van der Waals surface area contributed by atoms with Gasteiger partial charge in [0.25, 0.3) is 0 Å². The van der Waals surface area contributed by atoms with Crippen molar-refractivity contribution < 1.29 is 19.4 Å². The van der Waals surface area contributed by atoms with Gasteiger partial charge in [-0.05, 0) is 37.3 Å². The summed E-state index contributed by atoms with van der Waals surface area (Å²) in [7, 11) is 0. The van der Waals surface area contributed by atoms with Crippen molar-refractivity contribution in [1.29, 1.82) is 0 Å². The van der Waals surface area contributed by atoms with Crippen LogP contribution in [0.4, 0.5) is 10.7 Å². The van der Waals surface area contributed by atoms with Crippen LogP contribution in [0.5, 0.6) is 0 Å². The van der Waals surface area contributed by atoms with Crippen molar-refractivity contribution >= 4 is 40.9 Å². The Morgan fingerprint density at radius 2 is 2.04 bits per heavy atom. The Balaban J connectivity index is 1.76. The molecule has 8 nitrogen and oxygen atoms in total. The highest BCUT2D eigenvalue weighted by Crippen LogP contribution is 2.29. The molecule has 0 atom stereocenters. The molecule has 128 valence electrons. The minimum atomic E-state index is -0.960. The van der Waals surface area contributed by atoms with Crippen LogP contribution in [0.25, 0.3) is 11.2 Å². The molecule has 2 heterocycles. The first kappa shape index (κ1) is 16.8. The predicted molar refractivity (Wildman–Crippen MR) is 92.1 cm³/mol. The smallest absolute Gasteiger partial charge is 0.413 e. The van der Waals surface area contributed by atoms with Crippen molar-refractivity contribution in [3.63, 3.8) is 0 Å². The summed E-state index contributed by atoms with van der Waals surface area (Å²) in [6.45, 7) is 1.98. The maximum absolute atomic E-state index is 11.4. The first-order valence-corrected chi connectivity index (χ1v) is 8.17. The Kier molecular flexibility index (Phi) is 4.85. The number of pyridine rings is 1. The molecule has 0 saturated heterocycles. The van der Waals surface area contributed by atoms with Crippen molar-refractivity contribution in [2.24, 2.45) is 0 Å². The number of carboxylic acid groups (broad SMARTS) is 1. The number of aromatic nitrogens is 3. The van der Waals surface area contributed by atoms with Crippen molar-refractivity contribution in [2.75, 3.05) is 11.9 Å². The monoisotopic (exact) mass is 358 g/mol. The second-order valence-electron chi connectivity index (χ2n) is 4.90. The van der Waals surface area contributed by atoms with Crippen molar-refractivity contribution in [2.45, 2.75) is 16.7 Å². The number of nitrogens with one attached hydrogen (secondary N) is 2. The predicted octanol–water partition coefficient (Wildman–Crippen LogP) is 3.38. The number of imidazole rings is 1. The molecule has 9 heteroatoms. The first-order valence-electron chi connectivity index (χ1n) is 7.36. The molecule has 0 fully saturated rings. The van der Waals surface area contributed by atoms with Crippen molar-refractivity contribution in [1.82, 2.24) is 15.0 Å². The number of carbonyl (C=O) groups is 2. The lowest BCUT2D eigenvalue weighted by molar-refractivity contribution is 0.0696. The van der Waals surface area contributed by atoms with E-state index in [-0.39, 0.29) is 18.1 Å². The molecule has 0 unspecified atom stereocenters. The van der Waals surface area contributed by atoms with Crippen LogP contribution in [-0.4, -0.2) is 38.7 Å². The Bertz CT molecular complexity index is 924. The number of aromatic amines is 1. The summed E-state index contributed by atoms with van der Waals surface area (Å²) in [4.78, 5) is 35.4. The van der Waals surface area contributed by atoms with Crippen LogP contribution in [-0.2, 0) is 4.74 Å². The summed E-state index contributed by atoms with van der Waals surface area (Å²) < 4.78 is 4.79. The maximum atomic E-state index is 11.4. The number of carbonyl (C=O) groups excluding carboxylic acids is 1. The van der Waals surface area contributed by atoms with Gasteiger partial charge in [-0.2, -0.15) is 4.98 Å². The average molecular weight is 358 g/mol. The molecule has 2 aromatic heterocycles. The molecule has 0 aliphatic heterocycles. The Hall–Kier alpha value is -3.07. The lowest BCUT2D eigenvalue weighted by Gasteiger charge is -2.02. The van der Waals surface area contributed by atoms with Gasteiger partial charge in [-0.25, -0.2) is 14.6 Å². The molecule has 0 radical (unpaired) electrons. The number of rotatable bonds is 5. The second-order valence-corrected chi connectivity index (χ2v) is 6.05. The first-order chi connectivity index (χ1) is 12.0. The summed E-state index contributed by atoms with van der Waals surface area (Å²) in [5.41, 5.74) is 1.37. The fourth-order valence-corrected chi connectivity index (χ4v) is 2.89. The van der Waals surface area contributed by atoms with E-state index in [2.05, 4.69) is 20.3 Å². The number of aromatic carboxylic acids is 1. The normalized spacial score (nSPS) is 10.6. The van der Waals surface area contributed by atoms with Crippen LogP contribution in [0, 0.1) is 0 Å². The van der Waals surface area contributed by atoms with Crippen molar-refractivity contribution in [3.8, 4) is 0 Å². The Morgan fingerprint density at radius 3 is 2.72 bits per heavy atom. The fourth-order valence-electron chi connectivity index (χ4n) is 2.06. The minimum absolute atomic E-state index is 0.237. The molecule has 3 rings (SSSR count). The summed E-state index contributed by atoms with van der Waals surface area (Å²) in [5, 5.41) is 11.4. The molecule has 0 saturated carbocycles. The summed E-state index contributed by atoms with van der Waals surface area (Å²) in [6.07, 6.45) is 1.07. The Morgan fingerprint density at radius 1 is 1.28 bits per heavy atom. The van der Waals surface area contributed by atoms with Gasteiger partial charge in [-0.15, -0.1) is 0 Å². The number of benzene rings is 1. The largest absolute Gasteiger partial charge is 0.478 e. The third-order valence-electron chi connectivity index (χ3n) is 3.15. The molecule has 1 aromatic carbocycles. The lowest BCUT2D eigenvalue weighted by Crippen LogP contribution is -2.14. The quantitative estimate of drug-likeness (QED) is 0.640. The molecule has 0 spiro atoms. The SMILES string of the molecule is CCOC(=O)Nc1nc2ncc(Sc3ccc(C(=O)O)cc3)cc2[nH]1. The fraction of sp³-hybridized carbons (Fsp3) is 0.125. The standard InChI is InChI=1S/C16H14N4O4S/c1-2-24-16(23)20-15-18-12-7-11(8-17-13(12)19-15)25-10-5-3-9(4-6-10)14(21)22/h3-8H,2H2,1H3,(H,21,22)(H2,17,18,19,20,23). The van der Waals surface area contributed by atoms with Gasteiger partial charge < -0.3 is 14.8 Å². The summed E-state index contributed by atoms with van der Waals surface area (Å²) >= 11 is 1.44. The van der Waals surface area contributed by atoms with Gasteiger partial charge in [0, 0.05) is 16.0 Å². The molecule has 25 heavy (non-hydrogen) atoms. The number of hydrogen-bond acceptors (Lipinski definition) is 6. The van der Waals surface area contributed by atoms with Gasteiger partial charge in [0.05, 0.1) is 17.7 Å². The van der Waals surface area contributed by atoms with E-state index in [1.807, 2.05) is 6.07 Å². The second kappa shape index (κ2) is 7.22. The van der Waals surface area contributed by atoms with E-state index in [0.717, 1.165) is 9.79 Å². The zero-order chi connectivity index (χ0) is 17.8. The highest BCUT2D eigenvalue weighted by Gasteiger charge is 2.09. The number of fused-ring (bicyclic) bond motifs is 1. The molecule has 1 amide bonds. The van der Waals surface area contributed by atoms with Crippen LogP contribution in [0.2, 0.25) is 0 Å². The molecule has 0 aliphatic rings. The van der Waals surface area contributed by atoms with E-state index in [4.69, 9.17) is 9.84 Å². The number of ether oxygens (including phenoxy) is 1. The molecular formula is C16H14N4O4S. The van der Waals surface area contributed by atoms with Crippen LogP contribution >= 0.6 is 11.8 Å². The third kappa shape index (κ3) is 4.07. The van der Waals surface area contributed by atoms with Gasteiger partial charge in [0.1, 0.15) is 0 Å². The molecule has 3 N–H and O–H groups in total. The van der Waals surface area contributed by atoms with Crippen LogP contribution in [0.1, 0.15) is 17.3 Å². The number of anilines is 1. The molecule has 3 aromatic rings. The van der Waals surface area contributed by atoms with Gasteiger partial charge in [-0.3, -0.25) is 5.32 Å². The van der Waals surface area contributed by atoms with Gasteiger partial charge in [-0.1, -0.05) is 11.8 Å². The Labute approximate surface area is 146 Å². The molecule has 0 bridgehead atoms. The zero-order valence-corrected chi connectivity index (χ0v) is 14.0. The lowest BCUT2D eigenvalue weighted by atomic mass is 10.2. The van der Waals surface area contributed by atoms with Gasteiger partial charge in [0.15, 0.2) is 5.65 Å². The van der Waals surface area contributed by atoms with E-state index in [0.29, 0.717) is 11.2 Å². The van der Waals surface area contributed by atoms with E-state index in [9.17, 15) is 9.59 Å². The highest BCUT2D eigenvalue weighted by molar-refractivity contribution is 7.99. The van der Waals surface area contributed by atoms with Crippen LogP contribution in [0.15, 0.2) is 46.3 Å². The van der Waals surface area contributed by atoms with Crippen molar-refractivity contribution in [3.05, 3.63) is 42.1 Å². The summed E-state index contributed by atoms with van der Waals surface area (Å²) in [6, 6.07) is 8.42. The number of nitrogens with zero attached hydrogens (tertiary/aromatic N) is 2. The van der Waals surface area contributed by atoms with E-state index < -0.39 is 12.1 Å². The summed E-state index contributed by atoms with van der Waals surface area (Å²) in [5.74, 6) is -0.701. The van der Waals surface area contributed by atoms with E-state index in [1.54, 1.807) is 37.4 Å². The van der Waals surface area contributed by atoms with E-state index in [1.165, 1.54) is 11.8 Å². The third-order valence-corrected chi connectivity index (χ3v) is 4.11. The number of carboxylic acids is 1. The average Bonchev–Trinajstić information content (AvgIpc) is 2.97. The van der Waals surface area contributed by atoms with Gasteiger partial charge in [0.2, 0.25) is 5.95 Å². The van der Waals surface area contributed by atoms with Crippen LogP contribution < -0.4 is 5.32 Å². The number of H-pyrrole nitrogens is 1. The van der Waals surface area contributed by atoms with Crippen LogP contribution in [0.3, 0.4) is 0 Å². The maximum Gasteiger partial charge on any atom is 0.413 e. The van der Waals surface area contributed by atoms with Gasteiger partial charge >= 0.3 is 12.1 Å². The topological polar surface area (TPSA) is 117 Å². The zero-order valence-electron chi connectivity index (χ0n) is 13.1. The van der Waals surface area contributed by atoms with E-state index >= 15 is 0 Å². The molecular weight excluding hydrogens is 344 g/mol. The number of amides is 1. The highest BCUT2D eigenvalue weighted by atomic mass is 32.2.